The van der Waals surface area contributed by atoms with Gasteiger partial charge in [0.25, 0.3) is 5.56 Å². The van der Waals surface area contributed by atoms with Crippen LogP contribution in [0.3, 0.4) is 0 Å². The van der Waals surface area contributed by atoms with Crippen molar-refractivity contribution in [3.05, 3.63) is 171 Å². The van der Waals surface area contributed by atoms with Crippen molar-refractivity contribution in [2.45, 2.75) is 67.1 Å². The van der Waals surface area contributed by atoms with Crippen molar-refractivity contribution in [2.75, 3.05) is 33.2 Å². The van der Waals surface area contributed by atoms with Gasteiger partial charge in [0.05, 0.1) is 33.8 Å². The van der Waals surface area contributed by atoms with Gasteiger partial charge in [-0.1, -0.05) is 72.8 Å². The van der Waals surface area contributed by atoms with Gasteiger partial charge in [0.15, 0.2) is 11.5 Å². The molecule has 0 bridgehead atoms. The molecule has 2 fully saturated rings. The lowest BCUT2D eigenvalue weighted by Crippen LogP contribution is -2.38. The zero-order chi connectivity index (χ0) is 49.0. The number of aryl methyl sites for hydroxylation is 1. The Balaban J connectivity index is 1.08. The van der Waals surface area contributed by atoms with Crippen LogP contribution in [-0.2, 0) is 42.5 Å². The molecule has 7 aromatic rings. The largest absolute Gasteiger partial charge is 0.695 e. The zero-order valence-electron chi connectivity index (χ0n) is 37.9. The number of nitrogen functional groups attached to an aromatic ring is 1. The van der Waals surface area contributed by atoms with Crippen molar-refractivity contribution in [1.82, 2.24) is 29.1 Å². The van der Waals surface area contributed by atoms with Gasteiger partial charge in [-0.3, -0.25) is 28.0 Å². The van der Waals surface area contributed by atoms with Gasteiger partial charge < -0.3 is 29.4 Å². The van der Waals surface area contributed by atoms with Crippen LogP contribution in [0.2, 0.25) is 0 Å². The molecule has 2 saturated heterocycles. The van der Waals surface area contributed by atoms with E-state index in [9.17, 15) is 19.0 Å². The number of H-pyrrole nitrogens is 1. The van der Waals surface area contributed by atoms with E-state index in [1.165, 1.54) is 25.8 Å². The molecule has 364 valence electrons. The van der Waals surface area contributed by atoms with Gasteiger partial charge in [-0.15, -0.1) is 9.42 Å². The maximum atomic E-state index is 15.5. The maximum Gasteiger partial charge on any atom is 0.695 e. The predicted molar refractivity (Wildman–Crippen MR) is 257 cm³/mol. The minimum Gasteiger partial charge on any atom is -0.497 e. The number of nitrogens with two attached hydrogens (primary N) is 1. The van der Waals surface area contributed by atoms with Crippen molar-refractivity contribution in [1.29, 1.82) is 0 Å². The third-order valence-electron chi connectivity index (χ3n) is 12.0. The highest BCUT2D eigenvalue weighted by atomic mass is 32.7. The Labute approximate surface area is 405 Å². The number of rotatable bonds is 19. The van der Waals surface area contributed by atoms with Crippen LogP contribution >= 0.6 is 26.4 Å². The molecule has 0 amide bonds. The predicted octanol–water partition coefficient (Wildman–Crippen LogP) is 7.21. The number of anilines is 1. The minimum atomic E-state index is -4.38. The summed E-state index contributed by atoms with van der Waals surface area (Å²) in [5.41, 5.74) is 6.86. The average molecular weight is 1010 g/mol. The van der Waals surface area contributed by atoms with Crippen molar-refractivity contribution >= 4 is 43.4 Å². The van der Waals surface area contributed by atoms with Gasteiger partial charge in [-0.05, 0) is 71.4 Å². The second-order valence-electron chi connectivity index (χ2n) is 16.3. The Kier molecular flexibility index (Phi) is 14.7. The van der Waals surface area contributed by atoms with Crippen molar-refractivity contribution < 1.29 is 51.3 Å². The number of nitrogens with zero attached hydrogens (tertiary/aromatic N) is 5. The standard InChI is InChI=1S/C47H47N7O13P2S/c1-29-24-53(46(56)52-45(29)55)40-22-36(66-68(57)58)39(65-40)26-63-69(59,70-35-12-8-5-9-13-35)67-37-23-41(54-28-51-42-43(48)49-27-50-44(42)54)64-38(37)25-62-47(30-10-6-4-7-11-30,31-14-18-33(60-2)19-15-31)32-16-20-34(61-3)21-17-32/h4-21,24,27-28,36-41H,22-23,25-26H2,1-3H3,(H3-,48,49,50,52,55,56,57,58)/p+1/t36-,37-,38-,39-,40-,41-,69?/m1/s1. The molecule has 0 radical (unpaired) electrons. The van der Waals surface area contributed by atoms with Crippen molar-refractivity contribution in [3.8, 4) is 11.5 Å². The highest BCUT2D eigenvalue weighted by Crippen LogP contribution is 2.66. The first-order valence-corrected chi connectivity index (χ1v) is 26.0. The number of imidazole rings is 1. The first-order valence-electron chi connectivity index (χ1n) is 21.9. The van der Waals surface area contributed by atoms with E-state index < -0.39 is 75.4 Å². The smallest absolute Gasteiger partial charge is 0.497 e. The number of hydrogen-bond acceptors (Lipinski definition) is 17. The van der Waals surface area contributed by atoms with E-state index >= 15 is 4.57 Å². The highest BCUT2D eigenvalue weighted by Gasteiger charge is 2.48. The average Bonchev–Trinajstić information content (AvgIpc) is 4.10. The Bertz CT molecular complexity index is 3060. The van der Waals surface area contributed by atoms with E-state index in [-0.39, 0.29) is 30.8 Å². The summed E-state index contributed by atoms with van der Waals surface area (Å²) < 4.78 is 80.3. The number of fused-ring (bicyclic) bond motifs is 1. The molecule has 20 nitrogen and oxygen atoms in total. The molecular weight excluding hydrogens is 965 g/mol. The lowest BCUT2D eigenvalue weighted by atomic mass is 9.80. The molecule has 5 heterocycles. The molecule has 23 heteroatoms. The lowest BCUT2D eigenvalue weighted by molar-refractivity contribution is -0.0914. The zero-order valence-corrected chi connectivity index (χ0v) is 40.5. The first kappa shape index (κ1) is 48.9. The van der Waals surface area contributed by atoms with Crippen LogP contribution in [0, 0.1) is 6.92 Å². The van der Waals surface area contributed by atoms with Crippen LogP contribution in [0.1, 0.15) is 47.6 Å². The fraction of sp³-hybridized carbons (Fsp3) is 0.298. The molecule has 3 aromatic heterocycles. The molecule has 2 aliphatic rings. The molecule has 8 atom stereocenters. The number of hydrogen-bond donors (Lipinski definition) is 3. The van der Waals surface area contributed by atoms with E-state index in [2.05, 4.69) is 19.9 Å². The van der Waals surface area contributed by atoms with Gasteiger partial charge in [0, 0.05) is 34.1 Å². The summed E-state index contributed by atoms with van der Waals surface area (Å²) in [6.07, 6.45) is -1.89. The van der Waals surface area contributed by atoms with Crippen LogP contribution in [0.15, 0.2) is 143 Å². The topological polar surface area (TPSA) is 253 Å². The van der Waals surface area contributed by atoms with Crippen LogP contribution in [-0.4, -0.2) is 85.8 Å². The fourth-order valence-electron chi connectivity index (χ4n) is 8.56. The second-order valence-corrected chi connectivity index (χ2v) is 20.9. The summed E-state index contributed by atoms with van der Waals surface area (Å²) in [7, 11) is 0.0322. The SMILES string of the molecule is COc1ccc(C(OC[C@H]2O[C@@H](n3cnc4c(N)ncnc43)C[C@H]2OP(=O)(OC[C@H]2O[C@@H](n3cc(C)c(=O)[nH]c3=O)C[C@H]2O[P+](=O)O)Sc2ccccc2)(c2ccccc2)c2ccc(OC)cc2)cc1. The van der Waals surface area contributed by atoms with E-state index in [0.717, 1.165) is 32.6 Å². The normalized spacial score (nSPS) is 21.4. The molecule has 2 aliphatic heterocycles. The molecule has 4 aromatic carbocycles. The Morgan fingerprint density at radius 1 is 0.814 bits per heavy atom. The number of aromatic amines is 1. The Morgan fingerprint density at radius 3 is 2.03 bits per heavy atom. The third-order valence-corrected chi connectivity index (χ3v) is 16.0. The molecule has 0 spiro atoms. The fourth-order valence-corrected chi connectivity index (χ4v) is 12.5. The van der Waals surface area contributed by atoms with Gasteiger partial charge >= 0.3 is 20.7 Å². The van der Waals surface area contributed by atoms with Gasteiger partial charge in [-0.25, -0.2) is 24.3 Å². The van der Waals surface area contributed by atoms with E-state index in [1.54, 1.807) is 49.1 Å². The van der Waals surface area contributed by atoms with Crippen LogP contribution in [0.25, 0.3) is 11.2 Å². The summed E-state index contributed by atoms with van der Waals surface area (Å²) in [5, 5.41) is 0. The number of benzene rings is 4. The second kappa shape index (κ2) is 21.1. The minimum absolute atomic E-state index is 0.0860. The maximum absolute atomic E-state index is 15.5. The molecule has 0 saturated carbocycles. The third kappa shape index (κ3) is 10.4. The number of methoxy groups -OCH3 is 2. The van der Waals surface area contributed by atoms with Crippen LogP contribution < -0.4 is 26.5 Å². The Hall–Kier alpha value is -6.09. The summed E-state index contributed by atoms with van der Waals surface area (Å²) >= 11 is 0.842. The molecule has 0 aliphatic carbocycles. The number of ether oxygens (including phenoxy) is 5. The van der Waals surface area contributed by atoms with Gasteiger partial charge in [0.1, 0.15) is 65.8 Å². The van der Waals surface area contributed by atoms with E-state index in [4.69, 9.17) is 43.0 Å². The summed E-state index contributed by atoms with van der Waals surface area (Å²) in [5.74, 6) is 1.45. The van der Waals surface area contributed by atoms with Gasteiger partial charge in [-0.2, -0.15) is 0 Å². The molecule has 9 rings (SSSR count). The first-order chi connectivity index (χ1) is 33.9. The van der Waals surface area contributed by atoms with E-state index in [1.807, 2.05) is 78.9 Å². The summed E-state index contributed by atoms with van der Waals surface area (Å²) in [6, 6.07) is 33.6. The summed E-state index contributed by atoms with van der Waals surface area (Å²) in [4.78, 5) is 50.7. The molecule has 4 N–H and O–H groups in total. The summed E-state index contributed by atoms with van der Waals surface area (Å²) in [6.45, 7) is -3.48. The molecule has 70 heavy (non-hydrogen) atoms. The highest BCUT2D eigenvalue weighted by molar-refractivity contribution is 8.55. The van der Waals surface area contributed by atoms with Gasteiger partial charge in [0.2, 0.25) is 0 Å². The molecule has 2 unspecified atom stereocenters. The van der Waals surface area contributed by atoms with E-state index in [0.29, 0.717) is 27.6 Å². The monoisotopic (exact) mass is 1010 g/mol. The van der Waals surface area contributed by atoms with Crippen molar-refractivity contribution in [2.24, 2.45) is 0 Å². The Morgan fingerprint density at radius 2 is 1.40 bits per heavy atom. The van der Waals surface area contributed by atoms with Crippen LogP contribution in [0.4, 0.5) is 5.82 Å². The quantitative estimate of drug-likeness (QED) is 0.0534. The molecular formula is C47H48N7O13P2S+. The number of nitrogens with one attached hydrogen (secondary N) is 1. The number of aromatic nitrogens is 6. The lowest BCUT2D eigenvalue weighted by Gasteiger charge is -2.37. The van der Waals surface area contributed by atoms with Crippen molar-refractivity contribution in [3.63, 3.8) is 0 Å². The van der Waals surface area contributed by atoms with Crippen LogP contribution in [0.5, 0.6) is 11.5 Å².